The van der Waals surface area contributed by atoms with Crippen molar-refractivity contribution < 1.29 is 26.7 Å². The second-order valence-corrected chi connectivity index (χ2v) is 5.08. The maximum Gasteiger partial charge on any atom is 0.345 e. The van der Waals surface area contributed by atoms with Gasteiger partial charge in [-0.15, -0.1) is 0 Å². The lowest BCUT2D eigenvalue weighted by Gasteiger charge is -2.10. The van der Waals surface area contributed by atoms with E-state index in [4.69, 9.17) is 0 Å². The second kappa shape index (κ2) is 4.92. The molecule has 1 saturated heterocycles. The number of amidine groups is 1. The number of thioether (sulfide) groups is 1. The number of alkyl halides is 1. The van der Waals surface area contributed by atoms with Crippen molar-refractivity contribution in [1.29, 1.82) is 0 Å². The van der Waals surface area contributed by atoms with E-state index in [1.807, 2.05) is 6.92 Å². The van der Waals surface area contributed by atoms with Gasteiger partial charge in [0.05, 0.1) is 17.0 Å². The summed E-state index contributed by atoms with van der Waals surface area (Å²) in [6, 6.07) is 0. The zero-order chi connectivity index (χ0) is 9.42. The summed E-state index contributed by atoms with van der Waals surface area (Å²) in [5.41, 5.74) is 0.825. The molecule has 2 aliphatic heterocycles. The van der Waals surface area contributed by atoms with Crippen molar-refractivity contribution >= 4 is 38.8 Å². The van der Waals surface area contributed by atoms with Gasteiger partial charge in [-0.3, -0.25) is 0 Å². The Kier molecular flexibility index (Phi) is 4.36. The Hall–Kier alpha value is 0.350. The molecule has 0 saturated carbocycles. The summed E-state index contributed by atoms with van der Waals surface area (Å²) in [6.45, 7) is 2.72. The first-order chi connectivity index (χ1) is 6.20. The number of rotatable bonds is 1. The lowest BCUT2D eigenvalue weighted by molar-refractivity contribution is -0.709. The monoisotopic (exact) mass is 340 g/mol. The van der Waals surface area contributed by atoms with Gasteiger partial charge in [0.15, 0.2) is 0 Å². The third-order valence-corrected chi connectivity index (χ3v) is 4.49. The highest BCUT2D eigenvalue weighted by Crippen LogP contribution is 2.19. The molecule has 1 N–H and O–H groups in total. The smallest absolute Gasteiger partial charge is 0.345 e. The average molecular weight is 342 g/mol. The highest BCUT2D eigenvalue weighted by molar-refractivity contribution is 9.09. The van der Waals surface area contributed by atoms with E-state index in [1.54, 1.807) is 17.8 Å². The van der Waals surface area contributed by atoms with E-state index >= 15 is 0 Å². The van der Waals surface area contributed by atoms with Crippen LogP contribution in [-0.4, -0.2) is 28.2 Å². The minimum atomic E-state index is 0. The molecule has 2 atom stereocenters. The fourth-order valence-corrected chi connectivity index (χ4v) is 3.22. The molecule has 2 aliphatic rings. The molecule has 0 bridgehead atoms. The molecule has 0 aromatic rings. The number of amides is 1. The van der Waals surface area contributed by atoms with Crippen LogP contribution in [0.3, 0.4) is 0 Å². The predicted molar refractivity (Wildman–Crippen MR) is 57.2 cm³/mol. The number of carbonyl (C=O) groups is 1. The molecule has 2 unspecified atom stereocenters. The Morgan fingerprint density at radius 2 is 2.50 bits per heavy atom. The third-order valence-electron chi connectivity index (χ3n) is 2.06. The van der Waals surface area contributed by atoms with Crippen LogP contribution in [0.25, 0.3) is 0 Å². The summed E-state index contributed by atoms with van der Waals surface area (Å²) in [6.07, 6.45) is 1.62. The van der Waals surface area contributed by atoms with Gasteiger partial charge in [0.25, 0.3) is 5.17 Å². The fraction of sp³-hybridized carbons (Fsp3) is 0.500. The number of hydrogen-bond donors (Lipinski definition) is 1. The van der Waals surface area contributed by atoms with E-state index in [0.717, 1.165) is 27.6 Å². The summed E-state index contributed by atoms with van der Waals surface area (Å²) in [4.78, 5) is 16.8. The zero-order valence-corrected chi connectivity index (χ0v) is 11.6. The average Bonchev–Trinajstić information content (AvgIpc) is 2.47. The van der Waals surface area contributed by atoms with Crippen LogP contribution in [0.4, 0.5) is 0 Å². The van der Waals surface area contributed by atoms with Gasteiger partial charge < -0.3 is 17.0 Å². The first-order valence-corrected chi connectivity index (χ1v) is 6.11. The molecule has 1 amide bonds. The van der Waals surface area contributed by atoms with Gasteiger partial charge in [0.2, 0.25) is 0 Å². The Bertz CT molecular complexity index is 316. The first-order valence-electron chi connectivity index (χ1n) is 4.11. The van der Waals surface area contributed by atoms with Gasteiger partial charge in [0, 0.05) is 5.33 Å². The number of nitrogens with zero attached hydrogens (tertiary/aromatic N) is 1. The van der Waals surface area contributed by atoms with E-state index < -0.39 is 0 Å². The number of fused-ring (bicyclic) bond motifs is 1. The third kappa shape index (κ3) is 2.29. The van der Waals surface area contributed by atoms with Crippen molar-refractivity contribution in [2.75, 3.05) is 11.9 Å². The van der Waals surface area contributed by atoms with Crippen molar-refractivity contribution in [2.24, 2.45) is 4.99 Å². The molecule has 3 nitrogen and oxygen atoms in total. The Labute approximate surface area is 106 Å². The summed E-state index contributed by atoms with van der Waals surface area (Å²) in [5.74, 6) is 0.151. The van der Waals surface area contributed by atoms with Crippen molar-refractivity contribution in [3.8, 4) is 0 Å². The minimum absolute atomic E-state index is 0. The number of halogens is 2. The highest BCUT2D eigenvalue weighted by Gasteiger charge is 2.39. The van der Waals surface area contributed by atoms with Gasteiger partial charge in [-0.2, -0.15) is 4.99 Å². The summed E-state index contributed by atoms with van der Waals surface area (Å²) in [5, 5.41) is 2.35. The van der Waals surface area contributed by atoms with Gasteiger partial charge in [-0.25, -0.2) is 9.69 Å². The number of carbonyl (C=O) groups excluding carboxylic acids is 1. The van der Waals surface area contributed by atoms with Gasteiger partial charge >= 0.3 is 5.91 Å². The SMILES string of the molecule is CC1=CC(=O)[NH+]2CC(CBr)SC2=N1.[Br-]. The quantitative estimate of drug-likeness (QED) is 0.522. The molecule has 1 fully saturated rings. The molecular formula is C8H10Br2N2OS. The lowest BCUT2D eigenvalue weighted by atomic mass is 10.3. The number of nitrogens with one attached hydrogen (secondary N) is 1. The van der Waals surface area contributed by atoms with Crippen LogP contribution < -0.4 is 21.9 Å². The van der Waals surface area contributed by atoms with Gasteiger partial charge in [-0.05, 0) is 18.7 Å². The Morgan fingerprint density at radius 3 is 3.14 bits per heavy atom. The van der Waals surface area contributed by atoms with Crippen LogP contribution in [0.5, 0.6) is 0 Å². The van der Waals surface area contributed by atoms with E-state index in [0.29, 0.717) is 5.25 Å². The van der Waals surface area contributed by atoms with E-state index in [9.17, 15) is 4.79 Å². The van der Waals surface area contributed by atoms with Gasteiger partial charge in [0.1, 0.15) is 6.54 Å². The highest BCUT2D eigenvalue weighted by atomic mass is 79.9. The predicted octanol–water partition coefficient (Wildman–Crippen LogP) is -2.81. The molecule has 0 aliphatic carbocycles. The zero-order valence-electron chi connectivity index (χ0n) is 7.59. The normalized spacial score (nSPS) is 30.3. The van der Waals surface area contributed by atoms with Crippen LogP contribution in [0.15, 0.2) is 16.8 Å². The summed E-state index contributed by atoms with van der Waals surface area (Å²) in [7, 11) is 0. The number of hydrogen-bond acceptors (Lipinski definition) is 3. The van der Waals surface area contributed by atoms with Crippen molar-refractivity contribution in [3.63, 3.8) is 0 Å². The van der Waals surface area contributed by atoms with E-state index in [-0.39, 0.29) is 22.9 Å². The van der Waals surface area contributed by atoms with Crippen LogP contribution in [0.1, 0.15) is 6.92 Å². The topological polar surface area (TPSA) is 33.9 Å². The maximum atomic E-state index is 11.5. The van der Waals surface area contributed by atoms with E-state index in [2.05, 4.69) is 20.9 Å². The lowest BCUT2D eigenvalue weighted by Crippen LogP contribution is -3.15. The molecule has 6 heteroatoms. The van der Waals surface area contributed by atoms with Crippen molar-refractivity contribution in [2.45, 2.75) is 12.2 Å². The second-order valence-electron chi connectivity index (χ2n) is 3.14. The van der Waals surface area contributed by atoms with E-state index in [1.165, 1.54) is 0 Å². The minimum Gasteiger partial charge on any atom is -1.00 e. The number of aliphatic imine (C=N–C) groups is 1. The number of allylic oxidation sites excluding steroid dienone is 1. The molecule has 78 valence electrons. The molecule has 0 spiro atoms. The molecular weight excluding hydrogens is 332 g/mol. The maximum absolute atomic E-state index is 11.5. The van der Waals surface area contributed by atoms with Crippen LogP contribution in [0, 0.1) is 0 Å². The molecule has 2 rings (SSSR count). The van der Waals surface area contributed by atoms with Crippen LogP contribution in [0.2, 0.25) is 0 Å². The van der Waals surface area contributed by atoms with Crippen LogP contribution >= 0.6 is 27.7 Å². The van der Waals surface area contributed by atoms with Crippen LogP contribution in [-0.2, 0) is 4.79 Å². The Balaban J connectivity index is 0.000000980. The Morgan fingerprint density at radius 1 is 1.79 bits per heavy atom. The molecule has 0 radical (unpaired) electrons. The van der Waals surface area contributed by atoms with Crippen molar-refractivity contribution in [3.05, 3.63) is 11.8 Å². The number of quaternary nitrogens is 1. The summed E-state index contributed by atoms with van der Waals surface area (Å²) >= 11 is 5.13. The molecule has 0 aromatic carbocycles. The van der Waals surface area contributed by atoms with Gasteiger partial charge in [-0.1, -0.05) is 15.9 Å². The molecule has 0 aromatic heterocycles. The fourth-order valence-electron chi connectivity index (χ4n) is 1.44. The first kappa shape index (κ1) is 12.4. The standard InChI is InChI=1S/C8H9BrN2OS.BrH/c1-5-2-7(12)11-4-6(3-9)13-8(11)10-5;/h2,6H,3-4H2,1H3;1H. The summed E-state index contributed by atoms with van der Waals surface area (Å²) < 4.78 is 0. The molecule has 14 heavy (non-hydrogen) atoms. The largest absolute Gasteiger partial charge is 1.00 e. The van der Waals surface area contributed by atoms with Crippen molar-refractivity contribution in [1.82, 2.24) is 0 Å². The molecule has 2 heterocycles.